The van der Waals surface area contributed by atoms with E-state index in [0.717, 1.165) is 11.1 Å². The van der Waals surface area contributed by atoms with Crippen LogP contribution in [0.5, 0.6) is 5.88 Å². The zero-order chi connectivity index (χ0) is 19.3. The largest absolute Gasteiger partial charge is 0.473 e. The summed E-state index contributed by atoms with van der Waals surface area (Å²) >= 11 is 0. The van der Waals surface area contributed by atoms with Crippen LogP contribution in [0.2, 0.25) is 0 Å². The van der Waals surface area contributed by atoms with E-state index in [-0.39, 0.29) is 6.61 Å². The molecule has 0 atom stereocenters. The standard InChI is InChI=1S/C20H24N4O2/c1-6-22-18(16-9-7-8-15(10-21)13(16)2)17-11-23-19(14(3)24-17)26-12-20(4,5)25/h7-9,11,25H,6,12H2,1-5H3. The van der Waals surface area contributed by atoms with Crippen LogP contribution in [0.3, 0.4) is 0 Å². The number of hydrogen-bond donors (Lipinski definition) is 1. The zero-order valence-corrected chi connectivity index (χ0v) is 15.9. The lowest BCUT2D eigenvalue weighted by atomic mass is 9.98. The Hall–Kier alpha value is -2.78. The maximum absolute atomic E-state index is 9.79. The van der Waals surface area contributed by atoms with Crippen LogP contribution in [-0.2, 0) is 0 Å². The SMILES string of the molecule is CCN=C(c1cnc(OCC(C)(C)O)c(C)n1)c1cccc(C#N)c1C. The van der Waals surface area contributed by atoms with Crippen LogP contribution in [0.1, 0.15) is 48.8 Å². The molecule has 136 valence electrons. The minimum Gasteiger partial charge on any atom is -0.473 e. The van der Waals surface area contributed by atoms with E-state index in [0.29, 0.717) is 35.1 Å². The van der Waals surface area contributed by atoms with Crippen molar-refractivity contribution >= 4 is 5.71 Å². The second-order valence-corrected chi connectivity index (χ2v) is 6.66. The molecule has 1 aromatic heterocycles. The summed E-state index contributed by atoms with van der Waals surface area (Å²) in [7, 11) is 0. The molecule has 0 radical (unpaired) electrons. The van der Waals surface area contributed by atoms with Gasteiger partial charge >= 0.3 is 0 Å². The van der Waals surface area contributed by atoms with E-state index in [4.69, 9.17) is 4.74 Å². The number of aryl methyl sites for hydroxylation is 1. The minimum atomic E-state index is -0.948. The molecule has 6 nitrogen and oxygen atoms in total. The molecule has 1 aromatic carbocycles. The van der Waals surface area contributed by atoms with E-state index in [9.17, 15) is 10.4 Å². The molecule has 0 fully saturated rings. The van der Waals surface area contributed by atoms with E-state index < -0.39 is 5.60 Å². The summed E-state index contributed by atoms with van der Waals surface area (Å²) in [5.74, 6) is 0.384. The second-order valence-electron chi connectivity index (χ2n) is 6.66. The molecule has 6 heteroatoms. The number of rotatable bonds is 6. The Labute approximate surface area is 154 Å². The molecule has 2 rings (SSSR count). The Morgan fingerprint density at radius 3 is 2.65 bits per heavy atom. The summed E-state index contributed by atoms with van der Waals surface area (Å²) in [5, 5.41) is 19.1. The normalized spacial score (nSPS) is 12.0. The minimum absolute atomic E-state index is 0.126. The van der Waals surface area contributed by atoms with Gasteiger partial charge in [-0.2, -0.15) is 5.26 Å². The molecule has 0 aliphatic carbocycles. The van der Waals surface area contributed by atoms with Gasteiger partial charge in [0.05, 0.1) is 29.1 Å². The fraction of sp³-hybridized carbons (Fsp3) is 0.400. The highest BCUT2D eigenvalue weighted by atomic mass is 16.5. The number of nitriles is 1. The van der Waals surface area contributed by atoms with Crippen LogP contribution in [-0.4, -0.2) is 39.5 Å². The van der Waals surface area contributed by atoms with Crippen LogP contribution >= 0.6 is 0 Å². The molecule has 0 bridgehead atoms. The molecule has 0 saturated carbocycles. The molecule has 0 aliphatic heterocycles. The van der Waals surface area contributed by atoms with E-state index in [1.165, 1.54) is 0 Å². The van der Waals surface area contributed by atoms with Gasteiger partial charge in [0.1, 0.15) is 18.0 Å². The van der Waals surface area contributed by atoms with Crippen LogP contribution in [0.4, 0.5) is 0 Å². The van der Waals surface area contributed by atoms with Crippen molar-refractivity contribution in [2.75, 3.05) is 13.2 Å². The van der Waals surface area contributed by atoms with Crippen molar-refractivity contribution in [3.05, 3.63) is 52.5 Å². The molecule has 1 heterocycles. The number of benzene rings is 1. The molecule has 2 aromatic rings. The summed E-state index contributed by atoms with van der Waals surface area (Å²) < 4.78 is 5.56. The first-order chi connectivity index (χ1) is 12.3. The zero-order valence-electron chi connectivity index (χ0n) is 15.9. The summed E-state index contributed by atoms with van der Waals surface area (Å²) in [6.07, 6.45) is 1.61. The maximum atomic E-state index is 9.79. The van der Waals surface area contributed by atoms with E-state index in [2.05, 4.69) is 21.0 Å². The third-order valence-corrected chi connectivity index (χ3v) is 3.73. The summed E-state index contributed by atoms with van der Waals surface area (Å²) in [5.41, 5.74) is 3.33. The van der Waals surface area contributed by atoms with Crippen molar-refractivity contribution in [2.45, 2.75) is 40.2 Å². The third kappa shape index (κ3) is 4.64. The van der Waals surface area contributed by atoms with Crippen molar-refractivity contribution in [3.8, 4) is 11.9 Å². The number of aromatic nitrogens is 2. The van der Waals surface area contributed by atoms with Gasteiger partial charge in [0, 0.05) is 12.1 Å². The number of aliphatic imine (C=N–C) groups is 1. The average Bonchev–Trinajstić information content (AvgIpc) is 2.58. The summed E-state index contributed by atoms with van der Waals surface area (Å²) in [6, 6.07) is 7.76. The molecule has 0 amide bonds. The molecule has 26 heavy (non-hydrogen) atoms. The lowest BCUT2D eigenvalue weighted by Gasteiger charge is -2.18. The van der Waals surface area contributed by atoms with Gasteiger partial charge in [-0.25, -0.2) is 9.97 Å². The second kappa shape index (κ2) is 8.07. The fourth-order valence-electron chi connectivity index (χ4n) is 2.45. The van der Waals surface area contributed by atoms with Gasteiger partial charge in [-0.15, -0.1) is 0 Å². The highest BCUT2D eigenvalue weighted by Gasteiger charge is 2.18. The van der Waals surface area contributed by atoms with Gasteiger partial charge in [0.15, 0.2) is 0 Å². The van der Waals surface area contributed by atoms with E-state index in [1.807, 2.05) is 26.0 Å². The van der Waals surface area contributed by atoms with Crippen molar-refractivity contribution in [1.29, 1.82) is 5.26 Å². The molecule has 1 N–H and O–H groups in total. The maximum Gasteiger partial charge on any atom is 0.235 e. The Morgan fingerprint density at radius 1 is 1.35 bits per heavy atom. The van der Waals surface area contributed by atoms with Crippen molar-refractivity contribution < 1.29 is 9.84 Å². The summed E-state index contributed by atoms with van der Waals surface area (Å²) in [4.78, 5) is 13.5. The molecule has 0 saturated heterocycles. The van der Waals surface area contributed by atoms with Gasteiger partial charge in [-0.1, -0.05) is 12.1 Å². The molecular formula is C20H24N4O2. The first-order valence-electron chi connectivity index (χ1n) is 8.50. The number of hydrogen-bond acceptors (Lipinski definition) is 6. The Balaban J connectivity index is 2.42. The number of nitrogens with zero attached hydrogens (tertiary/aromatic N) is 4. The van der Waals surface area contributed by atoms with Gasteiger partial charge in [0.2, 0.25) is 5.88 Å². The number of aliphatic hydroxyl groups is 1. The van der Waals surface area contributed by atoms with Gasteiger partial charge in [-0.05, 0) is 46.2 Å². The predicted octanol–water partition coefficient (Wildman–Crippen LogP) is 2.97. The van der Waals surface area contributed by atoms with Crippen molar-refractivity contribution in [1.82, 2.24) is 9.97 Å². The van der Waals surface area contributed by atoms with Gasteiger partial charge in [-0.3, -0.25) is 4.99 Å². The quantitative estimate of drug-likeness (QED) is 0.807. The lowest BCUT2D eigenvalue weighted by Crippen LogP contribution is -2.28. The van der Waals surface area contributed by atoms with Crippen LogP contribution in [0.25, 0.3) is 0 Å². The topological polar surface area (TPSA) is 91.4 Å². The van der Waals surface area contributed by atoms with Crippen molar-refractivity contribution in [2.24, 2.45) is 4.99 Å². The van der Waals surface area contributed by atoms with E-state index in [1.54, 1.807) is 33.0 Å². The van der Waals surface area contributed by atoms with Crippen molar-refractivity contribution in [3.63, 3.8) is 0 Å². The highest BCUT2D eigenvalue weighted by molar-refractivity contribution is 6.12. The van der Waals surface area contributed by atoms with E-state index >= 15 is 0 Å². The summed E-state index contributed by atoms with van der Waals surface area (Å²) in [6.45, 7) is 9.70. The third-order valence-electron chi connectivity index (χ3n) is 3.73. The van der Waals surface area contributed by atoms with Crippen LogP contribution in [0.15, 0.2) is 29.4 Å². The van der Waals surface area contributed by atoms with Gasteiger partial charge in [0.25, 0.3) is 0 Å². The molecule has 0 spiro atoms. The molecule has 0 unspecified atom stereocenters. The Bertz CT molecular complexity index is 861. The Morgan fingerprint density at radius 2 is 2.08 bits per heavy atom. The smallest absolute Gasteiger partial charge is 0.235 e. The first kappa shape index (κ1) is 19.5. The lowest BCUT2D eigenvalue weighted by molar-refractivity contribution is 0.0264. The fourth-order valence-corrected chi connectivity index (χ4v) is 2.45. The Kier molecular flexibility index (Phi) is 6.06. The average molecular weight is 352 g/mol. The van der Waals surface area contributed by atoms with Crippen LogP contribution < -0.4 is 4.74 Å². The molecule has 0 aliphatic rings. The first-order valence-corrected chi connectivity index (χ1v) is 8.50. The number of ether oxygens (including phenoxy) is 1. The van der Waals surface area contributed by atoms with Gasteiger partial charge < -0.3 is 9.84 Å². The highest BCUT2D eigenvalue weighted by Crippen LogP contribution is 2.20. The monoisotopic (exact) mass is 352 g/mol. The molecular weight excluding hydrogens is 328 g/mol. The van der Waals surface area contributed by atoms with Crippen LogP contribution in [0, 0.1) is 25.2 Å². The predicted molar refractivity (Wildman–Crippen MR) is 101 cm³/mol.